The third-order valence-electron chi connectivity index (χ3n) is 6.18. The van der Waals surface area contributed by atoms with Crippen LogP contribution in [0.1, 0.15) is 43.1 Å². The molecule has 35 heavy (non-hydrogen) atoms. The Balaban J connectivity index is 1.78. The Hall–Kier alpha value is -3.90. The van der Waals surface area contributed by atoms with Gasteiger partial charge in [0.1, 0.15) is 5.82 Å². The lowest BCUT2D eigenvalue weighted by Crippen LogP contribution is -2.41. The third kappa shape index (κ3) is 4.98. The second-order valence-corrected chi connectivity index (χ2v) is 11.2. The Morgan fingerprint density at radius 3 is 2.49 bits per heavy atom. The maximum atomic E-state index is 13.4. The highest BCUT2D eigenvalue weighted by Gasteiger charge is 2.39. The summed E-state index contributed by atoms with van der Waals surface area (Å²) in [6.45, 7) is 6.99. The van der Waals surface area contributed by atoms with Gasteiger partial charge in [-0.2, -0.15) is 5.26 Å². The SMILES string of the molecule is CC1CN(c2ncc(-c3ccc(C#N)cc3)cc2C(=O)NS(=O)(=O)c2cccc(N)c2)C(C)(C)C1. The van der Waals surface area contributed by atoms with Gasteiger partial charge in [0.2, 0.25) is 0 Å². The van der Waals surface area contributed by atoms with Crippen LogP contribution in [-0.4, -0.2) is 31.4 Å². The maximum Gasteiger partial charge on any atom is 0.268 e. The molecule has 1 unspecified atom stereocenters. The van der Waals surface area contributed by atoms with Gasteiger partial charge in [-0.05, 0) is 68.1 Å². The van der Waals surface area contributed by atoms with Gasteiger partial charge in [0.25, 0.3) is 15.9 Å². The zero-order chi connectivity index (χ0) is 25.4. The van der Waals surface area contributed by atoms with Crippen molar-refractivity contribution in [2.75, 3.05) is 17.2 Å². The van der Waals surface area contributed by atoms with Crippen molar-refractivity contribution in [3.63, 3.8) is 0 Å². The summed E-state index contributed by atoms with van der Waals surface area (Å²) in [5.74, 6) is 0.0368. The number of nitriles is 1. The van der Waals surface area contributed by atoms with Crippen molar-refractivity contribution in [3.05, 3.63) is 71.9 Å². The molecule has 1 aliphatic rings. The van der Waals surface area contributed by atoms with E-state index in [0.717, 1.165) is 12.0 Å². The quantitative estimate of drug-likeness (QED) is 0.519. The lowest BCUT2D eigenvalue weighted by Gasteiger charge is -2.33. The molecule has 0 radical (unpaired) electrons. The van der Waals surface area contributed by atoms with E-state index in [-0.39, 0.29) is 21.7 Å². The zero-order valence-electron chi connectivity index (χ0n) is 19.8. The lowest BCUT2D eigenvalue weighted by atomic mass is 9.97. The van der Waals surface area contributed by atoms with Gasteiger partial charge in [-0.3, -0.25) is 4.79 Å². The maximum absolute atomic E-state index is 13.4. The number of carbonyl (C=O) groups is 1. The molecule has 0 spiro atoms. The number of hydrogen-bond donors (Lipinski definition) is 2. The molecule has 0 bridgehead atoms. The van der Waals surface area contributed by atoms with Crippen LogP contribution >= 0.6 is 0 Å². The number of amides is 1. The highest BCUT2D eigenvalue weighted by Crippen LogP contribution is 2.38. The second-order valence-electron chi connectivity index (χ2n) is 9.52. The Labute approximate surface area is 205 Å². The van der Waals surface area contributed by atoms with Gasteiger partial charge in [0.15, 0.2) is 0 Å². The first kappa shape index (κ1) is 24.2. The fraction of sp³-hybridized carbons (Fsp3) is 0.269. The number of anilines is 2. The topological polar surface area (TPSA) is 129 Å². The molecule has 2 aromatic carbocycles. The Morgan fingerprint density at radius 1 is 1.17 bits per heavy atom. The number of hydrogen-bond acceptors (Lipinski definition) is 7. The Bertz CT molecular complexity index is 1430. The Kier molecular flexibility index (Phi) is 6.26. The average molecular weight is 490 g/mol. The molecule has 2 heterocycles. The molecule has 4 rings (SSSR count). The number of benzene rings is 2. The van der Waals surface area contributed by atoms with Gasteiger partial charge in [-0.1, -0.05) is 25.1 Å². The first-order valence-corrected chi connectivity index (χ1v) is 12.7. The first-order valence-electron chi connectivity index (χ1n) is 11.2. The fourth-order valence-electron chi connectivity index (χ4n) is 4.61. The highest BCUT2D eigenvalue weighted by molar-refractivity contribution is 7.90. The number of sulfonamides is 1. The van der Waals surface area contributed by atoms with E-state index in [1.165, 1.54) is 18.2 Å². The van der Waals surface area contributed by atoms with E-state index in [2.05, 4.69) is 41.4 Å². The van der Waals surface area contributed by atoms with Crippen LogP contribution in [0.15, 0.2) is 65.7 Å². The van der Waals surface area contributed by atoms with Crippen molar-refractivity contribution < 1.29 is 13.2 Å². The molecule has 1 aliphatic heterocycles. The highest BCUT2D eigenvalue weighted by atomic mass is 32.2. The fourth-order valence-corrected chi connectivity index (χ4v) is 5.63. The number of aromatic nitrogens is 1. The summed E-state index contributed by atoms with van der Waals surface area (Å²) in [6.07, 6.45) is 2.58. The van der Waals surface area contributed by atoms with E-state index < -0.39 is 15.9 Å². The van der Waals surface area contributed by atoms with Crippen LogP contribution in [0.5, 0.6) is 0 Å². The molecule has 1 saturated heterocycles. The lowest BCUT2D eigenvalue weighted by molar-refractivity contribution is 0.0981. The predicted molar refractivity (Wildman–Crippen MR) is 135 cm³/mol. The summed E-state index contributed by atoms with van der Waals surface area (Å²) < 4.78 is 28.1. The summed E-state index contributed by atoms with van der Waals surface area (Å²) in [4.78, 5) is 20.0. The molecule has 1 atom stereocenters. The van der Waals surface area contributed by atoms with Gasteiger partial charge >= 0.3 is 0 Å². The monoisotopic (exact) mass is 489 g/mol. The number of pyridine rings is 1. The number of rotatable bonds is 5. The molecule has 8 nitrogen and oxygen atoms in total. The van der Waals surface area contributed by atoms with Crippen LogP contribution in [0.3, 0.4) is 0 Å². The molecule has 0 saturated carbocycles. The van der Waals surface area contributed by atoms with Crippen molar-refractivity contribution in [1.29, 1.82) is 5.26 Å². The molecule has 3 aromatic rings. The van der Waals surface area contributed by atoms with Gasteiger partial charge in [-0.15, -0.1) is 0 Å². The van der Waals surface area contributed by atoms with Crippen LogP contribution in [0, 0.1) is 17.2 Å². The van der Waals surface area contributed by atoms with Crippen LogP contribution < -0.4 is 15.4 Å². The second kappa shape index (κ2) is 9.04. The number of nitrogens with one attached hydrogen (secondary N) is 1. The summed E-state index contributed by atoms with van der Waals surface area (Å²) >= 11 is 0. The third-order valence-corrected chi connectivity index (χ3v) is 7.51. The van der Waals surface area contributed by atoms with E-state index in [4.69, 9.17) is 11.0 Å². The average Bonchev–Trinajstić information content (AvgIpc) is 3.10. The van der Waals surface area contributed by atoms with Gasteiger partial charge in [0, 0.05) is 29.5 Å². The smallest absolute Gasteiger partial charge is 0.268 e. The summed E-state index contributed by atoms with van der Waals surface area (Å²) in [6, 6.07) is 16.4. The van der Waals surface area contributed by atoms with E-state index in [9.17, 15) is 13.2 Å². The van der Waals surface area contributed by atoms with Crippen LogP contribution in [0.4, 0.5) is 11.5 Å². The summed E-state index contributed by atoms with van der Waals surface area (Å²) in [5, 5.41) is 9.08. The van der Waals surface area contributed by atoms with Crippen LogP contribution in [0.25, 0.3) is 11.1 Å². The van der Waals surface area contributed by atoms with Gasteiger partial charge in [-0.25, -0.2) is 18.1 Å². The normalized spacial score (nSPS) is 17.1. The largest absolute Gasteiger partial charge is 0.399 e. The van der Waals surface area contributed by atoms with Crippen LogP contribution in [0.2, 0.25) is 0 Å². The summed E-state index contributed by atoms with van der Waals surface area (Å²) in [7, 11) is -4.16. The van der Waals surface area contributed by atoms with E-state index >= 15 is 0 Å². The first-order chi connectivity index (χ1) is 16.5. The van der Waals surface area contributed by atoms with Crippen molar-refractivity contribution in [2.45, 2.75) is 37.6 Å². The number of nitrogens with two attached hydrogens (primary N) is 1. The minimum atomic E-state index is -4.16. The minimum Gasteiger partial charge on any atom is -0.399 e. The molecular weight excluding hydrogens is 462 g/mol. The van der Waals surface area contributed by atoms with Gasteiger partial charge in [0.05, 0.1) is 22.1 Å². The van der Waals surface area contributed by atoms with Crippen molar-refractivity contribution in [3.8, 4) is 17.2 Å². The number of carbonyl (C=O) groups excluding carboxylic acids is 1. The minimum absolute atomic E-state index is 0.0984. The van der Waals surface area contributed by atoms with Crippen molar-refractivity contribution in [1.82, 2.24) is 9.71 Å². The number of nitrogens with zero attached hydrogens (tertiary/aromatic N) is 3. The molecule has 1 aromatic heterocycles. The molecule has 1 amide bonds. The van der Waals surface area contributed by atoms with E-state index in [0.29, 0.717) is 29.4 Å². The molecule has 180 valence electrons. The van der Waals surface area contributed by atoms with Crippen molar-refractivity contribution >= 4 is 27.4 Å². The molecule has 3 N–H and O–H groups in total. The standard InChI is InChI=1S/C26H27N5O3S/c1-17-13-26(2,3)31(16-17)24-23(11-20(15-29-24)19-9-7-18(14-27)8-10-19)25(32)30-35(33,34)22-6-4-5-21(28)12-22/h4-12,15,17H,13,16,28H2,1-3H3,(H,30,32). The van der Waals surface area contributed by atoms with Crippen LogP contribution in [-0.2, 0) is 10.0 Å². The zero-order valence-corrected chi connectivity index (χ0v) is 20.6. The molecule has 1 fully saturated rings. The number of nitrogen functional groups attached to an aromatic ring is 1. The predicted octanol–water partition coefficient (Wildman–Crippen LogP) is 3.95. The van der Waals surface area contributed by atoms with Crippen molar-refractivity contribution in [2.24, 2.45) is 5.92 Å². The van der Waals surface area contributed by atoms with E-state index in [1.54, 1.807) is 42.6 Å². The molecule has 0 aliphatic carbocycles. The molecular formula is C26H27N5O3S. The Morgan fingerprint density at radius 2 is 1.89 bits per heavy atom. The van der Waals surface area contributed by atoms with Gasteiger partial charge < -0.3 is 10.6 Å². The molecule has 9 heteroatoms. The summed E-state index contributed by atoms with van der Waals surface area (Å²) in [5.41, 5.74) is 7.81. The van der Waals surface area contributed by atoms with E-state index in [1.807, 2.05) is 0 Å².